The third-order valence-electron chi connectivity index (χ3n) is 3.40. The van der Waals surface area contributed by atoms with E-state index in [9.17, 15) is 0 Å². The zero-order chi connectivity index (χ0) is 11.2. The van der Waals surface area contributed by atoms with Crippen LogP contribution in [0.2, 0.25) is 0 Å². The van der Waals surface area contributed by atoms with Crippen molar-refractivity contribution in [1.82, 2.24) is 0 Å². The molecular formula is C14H20O2. The molecule has 0 aliphatic heterocycles. The van der Waals surface area contributed by atoms with Crippen LogP contribution in [0, 0.1) is 5.92 Å². The summed E-state index contributed by atoms with van der Waals surface area (Å²) in [6.45, 7) is 0.901. The average Bonchev–Trinajstić information content (AvgIpc) is 2.25. The Morgan fingerprint density at radius 3 is 2.56 bits per heavy atom. The maximum absolute atomic E-state index is 9.02. The van der Waals surface area contributed by atoms with Crippen molar-refractivity contribution >= 4 is 0 Å². The van der Waals surface area contributed by atoms with Crippen LogP contribution in [0.1, 0.15) is 31.2 Å². The predicted octanol–water partition coefficient (Wildman–Crippen LogP) is 2.75. The second-order valence-corrected chi connectivity index (χ2v) is 4.54. The van der Waals surface area contributed by atoms with Crippen LogP contribution in [-0.4, -0.2) is 17.8 Å². The van der Waals surface area contributed by atoms with E-state index in [0.29, 0.717) is 12.5 Å². The third kappa shape index (κ3) is 3.06. The van der Waals surface area contributed by atoms with E-state index in [1.165, 1.54) is 24.8 Å². The summed E-state index contributed by atoms with van der Waals surface area (Å²) in [5.74, 6) is 0.677. The second kappa shape index (κ2) is 6.02. The molecule has 0 radical (unpaired) electrons. The number of aliphatic hydroxyl groups is 1. The third-order valence-corrected chi connectivity index (χ3v) is 3.40. The van der Waals surface area contributed by atoms with Crippen LogP contribution in [0.3, 0.4) is 0 Å². The molecule has 1 aliphatic rings. The van der Waals surface area contributed by atoms with Gasteiger partial charge in [0, 0.05) is 6.61 Å². The number of hydrogen-bond acceptors (Lipinski definition) is 2. The SMILES string of the molecule is OCCC(OCc1ccccc1)C1CCC1. The van der Waals surface area contributed by atoms with Gasteiger partial charge < -0.3 is 9.84 Å². The Balaban J connectivity index is 1.81. The van der Waals surface area contributed by atoms with Gasteiger partial charge in [0.15, 0.2) is 0 Å². The average molecular weight is 220 g/mol. The first kappa shape index (κ1) is 11.6. The molecule has 2 heteroatoms. The predicted molar refractivity (Wildman–Crippen MR) is 64.1 cm³/mol. The zero-order valence-corrected chi connectivity index (χ0v) is 9.64. The quantitative estimate of drug-likeness (QED) is 0.798. The van der Waals surface area contributed by atoms with E-state index in [1.54, 1.807) is 0 Å². The molecule has 16 heavy (non-hydrogen) atoms. The minimum absolute atomic E-state index is 0.232. The molecule has 0 spiro atoms. The van der Waals surface area contributed by atoms with Gasteiger partial charge in [0.2, 0.25) is 0 Å². The Bertz CT molecular complexity index is 293. The van der Waals surface area contributed by atoms with E-state index in [0.717, 1.165) is 6.42 Å². The van der Waals surface area contributed by atoms with Gasteiger partial charge in [-0.2, -0.15) is 0 Å². The van der Waals surface area contributed by atoms with Crippen LogP contribution in [0.25, 0.3) is 0 Å². The summed E-state index contributed by atoms with van der Waals surface area (Å²) in [5, 5.41) is 9.02. The molecule has 1 aromatic rings. The number of hydrogen-bond donors (Lipinski definition) is 1. The molecule has 1 aliphatic carbocycles. The van der Waals surface area contributed by atoms with E-state index in [-0.39, 0.29) is 12.7 Å². The summed E-state index contributed by atoms with van der Waals surface area (Å²) < 4.78 is 5.91. The molecule has 0 saturated heterocycles. The summed E-state index contributed by atoms with van der Waals surface area (Å²) in [7, 11) is 0. The molecule has 88 valence electrons. The molecule has 0 aromatic heterocycles. The zero-order valence-electron chi connectivity index (χ0n) is 9.64. The molecule has 1 fully saturated rings. The van der Waals surface area contributed by atoms with Crippen molar-refractivity contribution < 1.29 is 9.84 Å². The number of ether oxygens (including phenoxy) is 1. The summed E-state index contributed by atoms with van der Waals surface area (Å²) in [4.78, 5) is 0. The fourth-order valence-corrected chi connectivity index (χ4v) is 2.17. The summed E-state index contributed by atoms with van der Waals surface area (Å²) in [6.07, 6.45) is 4.87. The van der Waals surface area contributed by atoms with Gasteiger partial charge in [-0.05, 0) is 30.7 Å². The summed E-state index contributed by atoms with van der Waals surface area (Å²) >= 11 is 0. The highest BCUT2D eigenvalue weighted by Gasteiger charge is 2.27. The van der Waals surface area contributed by atoms with E-state index in [4.69, 9.17) is 9.84 Å². The van der Waals surface area contributed by atoms with Crippen molar-refractivity contribution in [3.63, 3.8) is 0 Å². The van der Waals surface area contributed by atoms with Gasteiger partial charge in [-0.3, -0.25) is 0 Å². The number of rotatable bonds is 6. The summed E-state index contributed by atoms with van der Waals surface area (Å²) in [5.41, 5.74) is 1.21. The van der Waals surface area contributed by atoms with Gasteiger partial charge in [0.1, 0.15) is 0 Å². The highest BCUT2D eigenvalue weighted by atomic mass is 16.5. The molecule has 1 aromatic carbocycles. The van der Waals surface area contributed by atoms with Crippen molar-refractivity contribution in [1.29, 1.82) is 0 Å². The Morgan fingerprint density at radius 1 is 1.25 bits per heavy atom. The van der Waals surface area contributed by atoms with Crippen molar-refractivity contribution in [2.45, 2.75) is 38.4 Å². The van der Waals surface area contributed by atoms with Crippen molar-refractivity contribution in [2.75, 3.05) is 6.61 Å². The molecule has 1 unspecified atom stereocenters. The van der Waals surface area contributed by atoms with Crippen LogP contribution < -0.4 is 0 Å². The number of benzene rings is 1. The van der Waals surface area contributed by atoms with E-state index in [2.05, 4.69) is 12.1 Å². The van der Waals surface area contributed by atoms with Gasteiger partial charge in [0.25, 0.3) is 0 Å². The molecule has 1 atom stereocenters. The number of aliphatic hydroxyl groups excluding tert-OH is 1. The van der Waals surface area contributed by atoms with Gasteiger partial charge in [-0.15, -0.1) is 0 Å². The lowest BCUT2D eigenvalue weighted by molar-refractivity contribution is -0.0359. The second-order valence-electron chi connectivity index (χ2n) is 4.54. The molecule has 0 bridgehead atoms. The molecule has 1 saturated carbocycles. The fourth-order valence-electron chi connectivity index (χ4n) is 2.17. The first-order valence-corrected chi connectivity index (χ1v) is 6.16. The smallest absolute Gasteiger partial charge is 0.0720 e. The van der Waals surface area contributed by atoms with Crippen LogP contribution in [-0.2, 0) is 11.3 Å². The normalized spacial score (nSPS) is 18.1. The van der Waals surface area contributed by atoms with Gasteiger partial charge in [-0.25, -0.2) is 0 Å². The standard InChI is InChI=1S/C14H20O2/c15-10-9-14(13-7-4-8-13)16-11-12-5-2-1-3-6-12/h1-3,5-6,13-15H,4,7-11H2. The molecule has 1 N–H and O–H groups in total. The highest BCUT2D eigenvalue weighted by Crippen LogP contribution is 2.32. The Labute approximate surface area is 97.3 Å². The summed E-state index contributed by atoms with van der Waals surface area (Å²) in [6, 6.07) is 10.2. The lowest BCUT2D eigenvalue weighted by Crippen LogP contribution is -2.30. The van der Waals surface area contributed by atoms with Gasteiger partial charge >= 0.3 is 0 Å². The van der Waals surface area contributed by atoms with Gasteiger partial charge in [0.05, 0.1) is 12.7 Å². The van der Waals surface area contributed by atoms with E-state index >= 15 is 0 Å². The van der Waals surface area contributed by atoms with E-state index < -0.39 is 0 Å². The van der Waals surface area contributed by atoms with Gasteiger partial charge in [-0.1, -0.05) is 36.8 Å². The lowest BCUT2D eigenvalue weighted by atomic mass is 9.80. The molecule has 0 amide bonds. The minimum Gasteiger partial charge on any atom is -0.396 e. The first-order chi connectivity index (χ1) is 7.90. The monoisotopic (exact) mass is 220 g/mol. The molecule has 2 nitrogen and oxygen atoms in total. The van der Waals surface area contributed by atoms with E-state index in [1.807, 2.05) is 18.2 Å². The lowest BCUT2D eigenvalue weighted by Gasteiger charge is -2.33. The fraction of sp³-hybridized carbons (Fsp3) is 0.571. The molecule has 0 heterocycles. The van der Waals surface area contributed by atoms with Crippen molar-refractivity contribution in [3.8, 4) is 0 Å². The van der Waals surface area contributed by atoms with Crippen LogP contribution >= 0.6 is 0 Å². The largest absolute Gasteiger partial charge is 0.396 e. The maximum Gasteiger partial charge on any atom is 0.0720 e. The van der Waals surface area contributed by atoms with Crippen molar-refractivity contribution in [3.05, 3.63) is 35.9 Å². The Hall–Kier alpha value is -0.860. The van der Waals surface area contributed by atoms with Crippen LogP contribution in [0.5, 0.6) is 0 Å². The molecular weight excluding hydrogens is 200 g/mol. The van der Waals surface area contributed by atoms with Crippen LogP contribution in [0.15, 0.2) is 30.3 Å². The Kier molecular flexibility index (Phi) is 4.37. The highest BCUT2D eigenvalue weighted by molar-refractivity contribution is 5.13. The van der Waals surface area contributed by atoms with Crippen molar-refractivity contribution in [2.24, 2.45) is 5.92 Å². The molecule has 2 rings (SSSR count). The first-order valence-electron chi connectivity index (χ1n) is 6.16. The topological polar surface area (TPSA) is 29.5 Å². The maximum atomic E-state index is 9.02. The van der Waals surface area contributed by atoms with Crippen LogP contribution in [0.4, 0.5) is 0 Å². The Morgan fingerprint density at radius 2 is 2.00 bits per heavy atom. The minimum atomic E-state index is 0.232.